The number of ether oxygens (including phenoxy) is 2. The van der Waals surface area contributed by atoms with E-state index in [9.17, 15) is 4.79 Å². The summed E-state index contributed by atoms with van der Waals surface area (Å²) in [5, 5.41) is 0. The van der Waals surface area contributed by atoms with Crippen LogP contribution in [0.5, 0.6) is 0 Å². The number of carbonyl (C=O) groups excluding carboxylic acids is 1. The summed E-state index contributed by atoms with van der Waals surface area (Å²) in [6.45, 7) is 5.42. The van der Waals surface area contributed by atoms with Crippen molar-refractivity contribution in [1.82, 2.24) is 0 Å². The van der Waals surface area contributed by atoms with Gasteiger partial charge in [-0.05, 0) is 18.9 Å². The van der Waals surface area contributed by atoms with E-state index in [1.807, 2.05) is 19.9 Å². The van der Waals surface area contributed by atoms with Crippen LogP contribution in [0.15, 0.2) is 12.3 Å². The maximum absolute atomic E-state index is 10.6. The lowest BCUT2D eigenvalue weighted by Crippen LogP contribution is -2.17. The summed E-state index contributed by atoms with van der Waals surface area (Å²) in [5.74, 6) is -0.302. The molecule has 0 heterocycles. The fourth-order valence-electron chi connectivity index (χ4n) is 0.815. The third kappa shape index (κ3) is 7.37. The number of allylic oxidation sites excluding steroid dienone is 1. The SMILES string of the molecule is CC/C=C/OC(CCC)OC(C)=O. The molecule has 3 heteroatoms. The number of esters is 1. The van der Waals surface area contributed by atoms with Crippen molar-refractivity contribution in [3.8, 4) is 0 Å². The number of hydrogen-bond acceptors (Lipinski definition) is 3. The first-order valence-corrected chi connectivity index (χ1v) is 4.68. The van der Waals surface area contributed by atoms with Gasteiger partial charge in [0.1, 0.15) is 0 Å². The second kappa shape index (κ2) is 7.65. The Morgan fingerprint density at radius 1 is 1.46 bits per heavy atom. The zero-order valence-electron chi connectivity index (χ0n) is 8.58. The number of hydrogen-bond donors (Lipinski definition) is 0. The molecule has 0 aliphatic carbocycles. The van der Waals surface area contributed by atoms with Crippen molar-refractivity contribution in [2.24, 2.45) is 0 Å². The highest BCUT2D eigenvalue weighted by atomic mass is 16.7. The van der Waals surface area contributed by atoms with Gasteiger partial charge >= 0.3 is 5.97 Å². The molecule has 0 aromatic carbocycles. The molecular weight excluding hydrogens is 168 g/mol. The van der Waals surface area contributed by atoms with Gasteiger partial charge in [0.15, 0.2) is 0 Å². The maximum atomic E-state index is 10.6. The van der Waals surface area contributed by atoms with Crippen LogP contribution in [0.1, 0.15) is 40.0 Å². The smallest absolute Gasteiger partial charge is 0.305 e. The zero-order valence-corrected chi connectivity index (χ0v) is 8.58. The molecule has 0 rings (SSSR count). The predicted molar refractivity (Wildman–Crippen MR) is 51.0 cm³/mol. The quantitative estimate of drug-likeness (QED) is 0.363. The Morgan fingerprint density at radius 2 is 2.15 bits per heavy atom. The van der Waals surface area contributed by atoms with Gasteiger partial charge in [-0.15, -0.1) is 0 Å². The Hall–Kier alpha value is -0.990. The van der Waals surface area contributed by atoms with E-state index in [0.717, 1.165) is 19.3 Å². The van der Waals surface area contributed by atoms with Gasteiger partial charge in [0.25, 0.3) is 0 Å². The fraction of sp³-hybridized carbons (Fsp3) is 0.700. The predicted octanol–water partition coefficient (Wildman–Crippen LogP) is 2.62. The fourth-order valence-corrected chi connectivity index (χ4v) is 0.815. The molecule has 0 spiro atoms. The average Bonchev–Trinajstić information content (AvgIpc) is 2.04. The van der Waals surface area contributed by atoms with E-state index in [4.69, 9.17) is 9.47 Å². The Bertz CT molecular complexity index is 164. The lowest BCUT2D eigenvalue weighted by molar-refractivity contribution is -0.167. The van der Waals surface area contributed by atoms with Crippen LogP contribution in [-0.2, 0) is 14.3 Å². The molecule has 1 atom stereocenters. The molecule has 13 heavy (non-hydrogen) atoms. The average molecular weight is 186 g/mol. The van der Waals surface area contributed by atoms with Gasteiger partial charge in [-0.1, -0.05) is 13.8 Å². The molecular formula is C10H18O3. The third-order valence-corrected chi connectivity index (χ3v) is 1.38. The van der Waals surface area contributed by atoms with E-state index in [-0.39, 0.29) is 5.97 Å². The first-order chi connectivity index (χ1) is 6.20. The van der Waals surface area contributed by atoms with E-state index in [1.54, 1.807) is 6.26 Å². The van der Waals surface area contributed by atoms with Crippen molar-refractivity contribution >= 4 is 5.97 Å². The molecule has 0 saturated carbocycles. The molecule has 0 radical (unpaired) electrons. The summed E-state index contributed by atoms with van der Waals surface area (Å²) < 4.78 is 10.1. The van der Waals surface area contributed by atoms with Crippen molar-refractivity contribution in [3.63, 3.8) is 0 Å². The number of rotatable bonds is 6. The van der Waals surface area contributed by atoms with Gasteiger partial charge in [0, 0.05) is 13.3 Å². The molecule has 0 aliphatic rings. The van der Waals surface area contributed by atoms with Gasteiger partial charge in [0.2, 0.25) is 6.29 Å². The third-order valence-electron chi connectivity index (χ3n) is 1.38. The number of carbonyl (C=O) groups is 1. The largest absolute Gasteiger partial charge is 0.463 e. The summed E-state index contributed by atoms with van der Waals surface area (Å²) in [5.41, 5.74) is 0. The van der Waals surface area contributed by atoms with Crippen molar-refractivity contribution < 1.29 is 14.3 Å². The summed E-state index contributed by atoms with van der Waals surface area (Å²) in [4.78, 5) is 10.6. The lowest BCUT2D eigenvalue weighted by atomic mass is 10.3. The van der Waals surface area contributed by atoms with Crippen LogP contribution in [-0.4, -0.2) is 12.3 Å². The topological polar surface area (TPSA) is 35.5 Å². The second-order valence-corrected chi connectivity index (χ2v) is 2.74. The van der Waals surface area contributed by atoms with Crippen LogP contribution in [0.3, 0.4) is 0 Å². The molecule has 0 bridgehead atoms. The van der Waals surface area contributed by atoms with Crippen molar-refractivity contribution in [1.29, 1.82) is 0 Å². The van der Waals surface area contributed by atoms with Crippen LogP contribution in [0.4, 0.5) is 0 Å². The molecule has 0 aromatic heterocycles. The highest BCUT2D eigenvalue weighted by Gasteiger charge is 2.09. The summed E-state index contributed by atoms with van der Waals surface area (Å²) in [7, 11) is 0. The Labute approximate surface area is 79.7 Å². The lowest BCUT2D eigenvalue weighted by Gasteiger charge is -2.14. The maximum Gasteiger partial charge on any atom is 0.305 e. The van der Waals surface area contributed by atoms with Gasteiger partial charge in [-0.3, -0.25) is 4.79 Å². The minimum absolute atomic E-state index is 0.302. The molecule has 0 aromatic rings. The van der Waals surface area contributed by atoms with E-state index >= 15 is 0 Å². The van der Waals surface area contributed by atoms with E-state index < -0.39 is 6.29 Å². The van der Waals surface area contributed by atoms with Crippen molar-refractivity contribution in [2.45, 2.75) is 46.3 Å². The molecule has 0 saturated heterocycles. The Balaban J connectivity index is 3.79. The molecule has 3 nitrogen and oxygen atoms in total. The minimum atomic E-state index is -0.426. The van der Waals surface area contributed by atoms with Crippen LogP contribution in [0, 0.1) is 0 Å². The Morgan fingerprint density at radius 3 is 2.62 bits per heavy atom. The molecule has 1 unspecified atom stereocenters. The van der Waals surface area contributed by atoms with Crippen LogP contribution < -0.4 is 0 Å². The first-order valence-electron chi connectivity index (χ1n) is 4.68. The van der Waals surface area contributed by atoms with E-state index in [1.165, 1.54) is 6.92 Å². The molecule has 0 N–H and O–H groups in total. The standard InChI is InChI=1S/C10H18O3/c1-4-6-8-12-10(7-5-2)13-9(3)11/h6,8,10H,4-5,7H2,1-3H3/b8-6+. The van der Waals surface area contributed by atoms with Crippen LogP contribution in [0.25, 0.3) is 0 Å². The van der Waals surface area contributed by atoms with Crippen LogP contribution in [0.2, 0.25) is 0 Å². The molecule has 0 amide bonds. The van der Waals surface area contributed by atoms with Gasteiger partial charge < -0.3 is 9.47 Å². The van der Waals surface area contributed by atoms with E-state index in [2.05, 4.69) is 0 Å². The van der Waals surface area contributed by atoms with Crippen molar-refractivity contribution in [2.75, 3.05) is 0 Å². The normalized spacial score (nSPS) is 12.8. The van der Waals surface area contributed by atoms with Gasteiger partial charge in [-0.2, -0.15) is 0 Å². The first kappa shape index (κ1) is 12.0. The second-order valence-electron chi connectivity index (χ2n) is 2.74. The highest BCUT2D eigenvalue weighted by molar-refractivity contribution is 5.66. The molecule has 0 aliphatic heterocycles. The van der Waals surface area contributed by atoms with Crippen LogP contribution >= 0.6 is 0 Å². The summed E-state index contributed by atoms with van der Waals surface area (Å²) in [6.07, 6.45) is 5.62. The molecule has 0 fully saturated rings. The van der Waals surface area contributed by atoms with E-state index in [0.29, 0.717) is 0 Å². The summed E-state index contributed by atoms with van der Waals surface area (Å²) >= 11 is 0. The van der Waals surface area contributed by atoms with Crippen molar-refractivity contribution in [3.05, 3.63) is 12.3 Å². The Kier molecular flexibility index (Phi) is 7.07. The minimum Gasteiger partial charge on any atom is -0.463 e. The monoisotopic (exact) mass is 186 g/mol. The van der Waals surface area contributed by atoms with Gasteiger partial charge in [0.05, 0.1) is 6.26 Å². The summed E-state index contributed by atoms with van der Waals surface area (Å²) in [6, 6.07) is 0. The zero-order chi connectivity index (χ0) is 10.1. The molecule has 76 valence electrons. The van der Waals surface area contributed by atoms with Gasteiger partial charge in [-0.25, -0.2) is 0 Å². The highest BCUT2D eigenvalue weighted by Crippen LogP contribution is 2.05.